The summed E-state index contributed by atoms with van der Waals surface area (Å²) >= 11 is 0. The number of nitrogens with two attached hydrogens (primary N) is 1. The summed E-state index contributed by atoms with van der Waals surface area (Å²) in [6.07, 6.45) is -2.47. The van der Waals surface area contributed by atoms with Crippen LogP contribution in [0.5, 0.6) is 17.4 Å². The van der Waals surface area contributed by atoms with Gasteiger partial charge in [0.05, 0.1) is 18.5 Å². The first-order valence-electron chi connectivity index (χ1n) is 11.7. The highest BCUT2D eigenvalue weighted by Crippen LogP contribution is 2.38. The largest absolute Gasteiger partial charge is 0.495 e. The molecule has 198 valence electrons. The van der Waals surface area contributed by atoms with Crippen LogP contribution in [-0.4, -0.2) is 61.9 Å². The molecule has 1 amide bonds. The van der Waals surface area contributed by atoms with Crippen LogP contribution in [-0.2, 0) is 6.18 Å². The summed E-state index contributed by atoms with van der Waals surface area (Å²) in [5.74, 6) is -1.02. The van der Waals surface area contributed by atoms with E-state index < -0.39 is 17.6 Å². The maximum atomic E-state index is 13.6. The van der Waals surface area contributed by atoms with E-state index in [0.29, 0.717) is 17.4 Å². The number of carbonyl (C=O) groups excluding carboxylic acids is 1. The number of rotatable bonds is 7. The number of halogens is 3. The maximum Gasteiger partial charge on any atom is 0.423 e. The number of alkyl halides is 3. The molecule has 2 aromatic carbocycles. The number of likely N-dealkylation sites (tertiary alicyclic amines) is 1. The predicted octanol–water partition coefficient (Wildman–Crippen LogP) is 3.24. The molecule has 0 bridgehead atoms. The molecule has 1 fully saturated rings. The third-order valence-corrected chi connectivity index (χ3v) is 6.07. The Morgan fingerprint density at radius 2 is 1.89 bits per heavy atom. The quantitative estimate of drug-likeness (QED) is 0.318. The van der Waals surface area contributed by atoms with Crippen LogP contribution in [0.1, 0.15) is 28.8 Å². The molecule has 1 aliphatic rings. The van der Waals surface area contributed by atoms with Crippen LogP contribution in [0.2, 0.25) is 0 Å². The standard InChI is InChI=1S/C25H26BF3N6O3/c1-35-9-7-16(8-10-35)32-22(36)14-3-6-19(21(11-14)37-2)33-24-31-13-17(25(27,28)29)23(34-24)38-20-12-15(26)4-5-18(20)30/h3-6,11-13,16H,7-10,30H2,1-2H3,(H,32,36)(H,31,33,34). The predicted molar refractivity (Wildman–Crippen MR) is 138 cm³/mol. The molecule has 0 aliphatic carbocycles. The van der Waals surface area contributed by atoms with Gasteiger partial charge in [-0.2, -0.15) is 18.2 Å². The van der Waals surface area contributed by atoms with Crippen LogP contribution < -0.4 is 31.3 Å². The Bertz CT molecular complexity index is 1320. The number of methoxy groups -OCH3 is 1. The molecule has 3 aromatic rings. The number of aromatic nitrogens is 2. The number of hydrogen-bond acceptors (Lipinski definition) is 8. The lowest BCUT2D eigenvalue weighted by atomic mass is 9.96. The maximum absolute atomic E-state index is 13.6. The normalized spacial score (nSPS) is 14.7. The summed E-state index contributed by atoms with van der Waals surface area (Å²) in [6, 6.07) is 8.93. The molecule has 0 saturated carbocycles. The van der Waals surface area contributed by atoms with Crippen LogP contribution in [0.25, 0.3) is 0 Å². The molecule has 1 aromatic heterocycles. The molecule has 4 rings (SSSR count). The lowest BCUT2D eigenvalue weighted by Crippen LogP contribution is -2.43. The number of nitrogens with one attached hydrogen (secondary N) is 2. The second kappa shape index (κ2) is 11.2. The molecule has 4 N–H and O–H groups in total. The van der Waals surface area contributed by atoms with E-state index in [2.05, 4.69) is 25.5 Å². The van der Waals surface area contributed by atoms with Gasteiger partial charge in [0.2, 0.25) is 11.8 Å². The fourth-order valence-electron chi connectivity index (χ4n) is 3.92. The Balaban J connectivity index is 1.56. The number of hydrogen-bond donors (Lipinski definition) is 3. The fourth-order valence-corrected chi connectivity index (χ4v) is 3.92. The average Bonchev–Trinajstić information content (AvgIpc) is 2.87. The van der Waals surface area contributed by atoms with Crippen molar-refractivity contribution in [3.8, 4) is 17.4 Å². The Morgan fingerprint density at radius 1 is 1.16 bits per heavy atom. The highest BCUT2D eigenvalue weighted by molar-refractivity contribution is 6.32. The Labute approximate surface area is 218 Å². The van der Waals surface area contributed by atoms with Crippen molar-refractivity contribution in [3.05, 3.63) is 53.7 Å². The van der Waals surface area contributed by atoms with E-state index in [1.807, 2.05) is 7.05 Å². The highest BCUT2D eigenvalue weighted by Gasteiger charge is 2.36. The van der Waals surface area contributed by atoms with Gasteiger partial charge in [-0.1, -0.05) is 11.5 Å². The lowest BCUT2D eigenvalue weighted by molar-refractivity contribution is -0.139. The first-order chi connectivity index (χ1) is 18.0. The number of amides is 1. The number of nitrogens with zero attached hydrogens (tertiary/aromatic N) is 3. The second-order valence-corrected chi connectivity index (χ2v) is 8.90. The summed E-state index contributed by atoms with van der Waals surface area (Å²) in [7, 11) is 9.16. The average molecular weight is 526 g/mol. The number of piperidine rings is 1. The van der Waals surface area contributed by atoms with E-state index >= 15 is 0 Å². The molecule has 9 nitrogen and oxygen atoms in total. The molecular weight excluding hydrogens is 500 g/mol. The lowest BCUT2D eigenvalue weighted by Gasteiger charge is -2.29. The zero-order valence-electron chi connectivity index (χ0n) is 20.8. The second-order valence-electron chi connectivity index (χ2n) is 8.90. The van der Waals surface area contributed by atoms with E-state index in [1.54, 1.807) is 12.1 Å². The monoisotopic (exact) mass is 526 g/mol. The molecule has 0 unspecified atom stereocenters. The molecule has 2 heterocycles. The van der Waals surface area contributed by atoms with Gasteiger partial charge < -0.3 is 30.7 Å². The van der Waals surface area contributed by atoms with Crippen molar-refractivity contribution in [3.63, 3.8) is 0 Å². The molecule has 2 radical (unpaired) electrons. The van der Waals surface area contributed by atoms with Crippen LogP contribution in [0, 0.1) is 0 Å². The Morgan fingerprint density at radius 3 is 2.58 bits per heavy atom. The summed E-state index contributed by atoms with van der Waals surface area (Å²) < 4.78 is 51.7. The number of ether oxygens (including phenoxy) is 2. The van der Waals surface area contributed by atoms with Crippen molar-refractivity contribution in [2.75, 3.05) is 38.3 Å². The summed E-state index contributed by atoms with van der Waals surface area (Å²) in [5, 5.41) is 5.85. The SMILES string of the molecule is [B]c1ccc(N)c(Oc2nc(Nc3ccc(C(=O)NC4CCN(C)CC4)cc3OC)ncc2C(F)(F)F)c1. The summed E-state index contributed by atoms with van der Waals surface area (Å²) in [4.78, 5) is 22.7. The third-order valence-electron chi connectivity index (χ3n) is 6.07. The van der Waals surface area contributed by atoms with E-state index in [-0.39, 0.29) is 40.5 Å². The zero-order chi connectivity index (χ0) is 27.4. The van der Waals surface area contributed by atoms with Crippen molar-refractivity contribution in [2.45, 2.75) is 25.1 Å². The van der Waals surface area contributed by atoms with Gasteiger partial charge in [0, 0.05) is 17.8 Å². The third kappa shape index (κ3) is 6.46. The smallest absolute Gasteiger partial charge is 0.423 e. The van der Waals surface area contributed by atoms with Crippen LogP contribution in [0.15, 0.2) is 42.6 Å². The van der Waals surface area contributed by atoms with Crippen LogP contribution in [0.3, 0.4) is 0 Å². The molecule has 0 atom stereocenters. The Kier molecular flexibility index (Phi) is 7.95. The van der Waals surface area contributed by atoms with Crippen molar-refractivity contribution in [1.82, 2.24) is 20.2 Å². The zero-order valence-corrected chi connectivity index (χ0v) is 20.8. The number of nitrogen functional groups attached to an aromatic ring is 1. The number of anilines is 3. The van der Waals surface area contributed by atoms with Crippen molar-refractivity contribution < 1.29 is 27.4 Å². The molecule has 13 heteroatoms. The van der Waals surface area contributed by atoms with Crippen molar-refractivity contribution in [2.24, 2.45) is 0 Å². The first-order valence-corrected chi connectivity index (χ1v) is 11.7. The molecule has 38 heavy (non-hydrogen) atoms. The Hall–Kier alpha value is -4.00. The van der Waals surface area contributed by atoms with Gasteiger partial charge in [-0.15, -0.1) is 0 Å². The fraction of sp³-hybridized carbons (Fsp3) is 0.320. The van der Waals surface area contributed by atoms with Crippen molar-refractivity contribution in [1.29, 1.82) is 0 Å². The molecule has 1 saturated heterocycles. The minimum Gasteiger partial charge on any atom is -0.495 e. The molecule has 1 aliphatic heterocycles. The van der Waals surface area contributed by atoms with Gasteiger partial charge in [0.1, 0.15) is 19.2 Å². The van der Waals surface area contributed by atoms with Gasteiger partial charge in [-0.05, 0) is 63.3 Å². The minimum atomic E-state index is -4.79. The number of benzene rings is 2. The van der Waals surface area contributed by atoms with E-state index in [0.717, 1.165) is 25.9 Å². The van der Waals surface area contributed by atoms with Gasteiger partial charge >= 0.3 is 6.18 Å². The summed E-state index contributed by atoms with van der Waals surface area (Å²) in [6.45, 7) is 1.81. The van der Waals surface area contributed by atoms with E-state index in [9.17, 15) is 18.0 Å². The van der Waals surface area contributed by atoms with Crippen LogP contribution >= 0.6 is 0 Å². The first kappa shape index (κ1) is 27.1. The van der Waals surface area contributed by atoms with Gasteiger partial charge in [-0.3, -0.25) is 4.79 Å². The van der Waals surface area contributed by atoms with Gasteiger partial charge in [0.15, 0.2) is 5.75 Å². The topological polar surface area (TPSA) is 115 Å². The number of carbonyl (C=O) groups is 1. The summed E-state index contributed by atoms with van der Waals surface area (Å²) in [5.41, 5.74) is 5.67. The van der Waals surface area contributed by atoms with Crippen molar-refractivity contribution >= 4 is 36.5 Å². The van der Waals surface area contributed by atoms with Crippen LogP contribution in [0.4, 0.5) is 30.5 Å². The molecular formula is C25H26BF3N6O3. The van der Waals surface area contributed by atoms with Gasteiger partial charge in [0.25, 0.3) is 5.91 Å². The molecule has 0 spiro atoms. The van der Waals surface area contributed by atoms with E-state index in [1.165, 1.54) is 31.4 Å². The van der Waals surface area contributed by atoms with E-state index in [4.69, 9.17) is 23.1 Å². The highest BCUT2D eigenvalue weighted by atomic mass is 19.4. The van der Waals surface area contributed by atoms with Gasteiger partial charge in [-0.25, -0.2) is 4.98 Å². The minimum absolute atomic E-state index is 0.0791.